The van der Waals surface area contributed by atoms with Crippen molar-refractivity contribution in [2.45, 2.75) is 13.3 Å². The van der Waals surface area contributed by atoms with Crippen molar-refractivity contribution in [2.75, 3.05) is 11.5 Å². The van der Waals surface area contributed by atoms with Crippen LogP contribution in [0.3, 0.4) is 0 Å². The van der Waals surface area contributed by atoms with Gasteiger partial charge >= 0.3 is 5.97 Å². The highest BCUT2D eigenvalue weighted by molar-refractivity contribution is 5.87. The van der Waals surface area contributed by atoms with Gasteiger partial charge in [0.05, 0.1) is 6.61 Å². The van der Waals surface area contributed by atoms with E-state index in [9.17, 15) is 4.79 Å². The third-order valence-electron chi connectivity index (χ3n) is 6.89. The first-order valence-electron chi connectivity index (χ1n) is 13.9. The number of aromatic nitrogens is 2. The number of carbonyl (C=O) groups is 1. The van der Waals surface area contributed by atoms with E-state index < -0.39 is 0 Å². The highest BCUT2D eigenvalue weighted by Gasteiger charge is 2.14. The molecule has 0 aliphatic carbocycles. The van der Waals surface area contributed by atoms with Gasteiger partial charge in [-0.1, -0.05) is 43.3 Å². The molecule has 0 atom stereocenters. The minimum Gasteiger partial charge on any atom is -0.463 e. The van der Waals surface area contributed by atoms with Crippen LogP contribution in [0.5, 0.6) is 0 Å². The molecular formula is C36H35N3O2+2. The summed E-state index contributed by atoms with van der Waals surface area (Å²) in [5.74, 6) is -0.322. The lowest BCUT2D eigenvalue weighted by molar-refractivity contribution is -0.671. The summed E-state index contributed by atoms with van der Waals surface area (Å²) in [5, 5.41) is 0. The summed E-state index contributed by atoms with van der Waals surface area (Å²) in [6, 6.07) is 34.0. The number of nitrogens with zero attached hydrogens (tertiary/aromatic N) is 3. The summed E-state index contributed by atoms with van der Waals surface area (Å²) in [5.41, 5.74) is 8.75. The Morgan fingerprint density at radius 3 is 1.44 bits per heavy atom. The molecule has 5 heteroatoms. The van der Waals surface area contributed by atoms with Gasteiger partial charge < -0.3 is 9.64 Å². The second kappa shape index (κ2) is 12.9. The number of hydrogen-bond acceptors (Lipinski definition) is 3. The highest BCUT2D eigenvalue weighted by Crippen LogP contribution is 2.36. The van der Waals surface area contributed by atoms with Gasteiger partial charge in [0.15, 0.2) is 24.8 Å². The number of hydrogen-bond donors (Lipinski definition) is 0. The summed E-state index contributed by atoms with van der Waals surface area (Å²) in [6.07, 6.45) is 12.3. The number of benzene rings is 3. The first kappa shape index (κ1) is 27.5. The van der Waals surface area contributed by atoms with Crippen LogP contribution in [0, 0.1) is 0 Å². The zero-order valence-corrected chi connectivity index (χ0v) is 23.8. The third-order valence-corrected chi connectivity index (χ3v) is 6.89. The fourth-order valence-electron chi connectivity index (χ4n) is 4.59. The number of aryl methyl sites for hydroxylation is 2. The number of pyridine rings is 2. The van der Waals surface area contributed by atoms with Crippen molar-refractivity contribution in [3.05, 3.63) is 133 Å². The molecule has 5 nitrogen and oxygen atoms in total. The number of anilines is 3. The molecule has 0 bridgehead atoms. The van der Waals surface area contributed by atoms with Crippen molar-refractivity contribution >= 4 is 29.1 Å². The largest absolute Gasteiger partial charge is 0.463 e. The van der Waals surface area contributed by atoms with E-state index >= 15 is 0 Å². The Kier molecular flexibility index (Phi) is 8.65. The van der Waals surface area contributed by atoms with E-state index in [0.717, 1.165) is 40.2 Å². The lowest BCUT2D eigenvalue weighted by Gasteiger charge is -2.26. The van der Waals surface area contributed by atoms with Gasteiger partial charge in [0, 0.05) is 47.4 Å². The van der Waals surface area contributed by atoms with Gasteiger partial charge in [-0.2, -0.15) is 0 Å². The zero-order chi connectivity index (χ0) is 28.6. The van der Waals surface area contributed by atoms with Crippen LogP contribution in [0.1, 0.15) is 18.9 Å². The Hall–Kier alpha value is -5.03. The molecule has 0 N–H and O–H groups in total. The predicted molar refractivity (Wildman–Crippen MR) is 165 cm³/mol. The van der Waals surface area contributed by atoms with Crippen LogP contribution in [-0.2, 0) is 23.6 Å². The average molecular weight is 542 g/mol. The molecule has 0 fully saturated rings. The second-order valence-corrected chi connectivity index (χ2v) is 10.0. The molecule has 2 aromatic heterocycles. The molecule has 0 radical (unpaired) electrons. The van der Waals surface area contributed by atoms with Crippen molar-refractivity contribution < 1.29 is 18.7 Å². The predicted octanol–water partition coefficient (Wildman–Crippen LogP) is 7.11. The summed E-state index contributed by atoms with van der Waals surface area (Å²) in [7, 11) is 4.04. The SMILES string of the molecule is CCCOC(=O)/C=C/c1ccc(N(c2ccc(-c3cc[n+](C)cc3)cc2)c2ccc(-c3cc[n+](C)cc3)cc2)cc1. The highest BCUT2D eigenvalue weighted by atomic mass is 16.5. The Balaban J connectivity index is 1.46. The molecule has 0 unspecified atom stereocenters. The van der Waals surface area contributed by atoms with Crippen molar-refractivity contribution in [1.29, 1.82) is 0 Å². The first-order chi connectivity index (χ1) is 20.0. The van der Waals surface area contributed by atoms with Crippen LogP contribution in [0.15, 0.2) is 128 Å². The van der Waals surface area contributed by atoms with Crippen molar-refractivity contribution in [3.63, 3.8) is 0 Å². The van der Waals surface area contributed by atoms with Crippen LogP contribution in [0.2, 0.25) is 0 Å². The van der Waals surface area contributed by atoms with Crippen molar-refractivity contribution in [2.24, 2.45) is 14.1 Å². The standard InChI is InChI=1S/C36H35N3O2/c1-4-27-41-36(40)18-7-28-5-12-33(13-6-28)39(34-14-8-29(9-15-34)31-19-23-37(2)24-20-31)35-16-10-30(11-17-35)32-21-25-38(3)26-22-32/h5-26H,4,27H2,1-3H3/q+2/b18-7+. The molecule has 5 aromatic rings. The molecule has 0 amide bonds. The maximum absolute atomic E-state index is 11.9. The quantitative estimate of drug-likeness (QED) is 0.113. The third kappa shape index (κ3) is 6.95. The number of esters is 1. The zero-order valence-electron chi connectivity index (χ0n) is 23.8. The molecule has 0 saturated heterocycles. The van der Waals surface area contributed by atoms with Crippen LogP contribution in [-0.4, -0.2) is 12.6 Å². The smallest absolute Gasteiger partial charge is 0.330 e. The molecule has 0 spiro atoms. The van der Waals surface area contributed by atoms with E-state index in [1.54, 1.807) is 6.08 Å². The Morgan fingerprint density at radius 1 is 0.634 bits per heavy atom. The number of rotatable bonds is 9. The minimum atomic E-state index is -0.322. The molecule has 41 heavy (non-hydrogen) atoms. The van der Waals surface area contributed by atoms with Gasteiger partial charge in [-0.25, -0.2) is 13.9 Å². The lowest BCUT2D eigenvalue weighted by atomic mass is 10.0. The Morgan fingerprint density at radius 2 is 1.02 bits per heavy atom. The van der Waals surface area contributed by atoms with Crippen LogP contribution < -0.4 is 14.0 Å². The maximum atomic E-state index is 11.9. The summed E-state index contributed by atoms with van der Waals surface area (Å²) < 4.78 is 9.22. The Labute approximate surface area is 242 Å². The van der Waals surface area contributed by atoms with Crippen LogP contribution in [0.4, 0.5) is 17.1 Å². The van der Waals surface area contributed by atoms with E-state index in [1.165, 1.54) is 17.2 Å². The van der Waals surface area contributed by atoms with E-state index in [0.29, 0.717) is 6.61 Å². The van der Waals surface area contributed by atoms with Gasteiger partial charge in [-0.3, -0.25) is 0 Å². The minimum absolute atomic E-state index is 0.322. The average Bonchev–Trinajstić information content (AvgIpc) is 3.01. The summed E-state index contributed by atoms with van der Waals surface area (Å²) >= 11 is 0. The van der Waals surface area contributed by atoms with E-state index in [2.05, 4.69) is 115 Å². The first-order valence-corrected chi connectivity index (χ1v) is 13.9. The molecular weight excluding hydrogens is 506 g/mol. The van der Waals surface area contributed by atoms with Gasteiger partial charge in [0.25, 0.3) is 0 Å². The van der Waals surface area contributed by atoms with Gasteiger partial charge in [0.2, 0.25) is 0 Å². The van der Waals surface area contributed by atoms with Gasteiger partial charge in [0.1, 0.15) is 14.1 Å². The molecule has 0 aliphatic heterocycles. The fraction of sp³-hybridized carbons (Fsp3) is 0.139. The second-order valence-electron chi connectivity index (χ2n) is 10.0. The molecule has 0 aliphatic rings. The van der Waals surface area contributed by atoms with Gasteiger partial charge in [-0.15, -0.1) is 0 Å². The molecule has 0 saturated carbocycles. The van der Waals surface area contributed by atoms with E-state index in [4.69, 9.17) is 4.74 Å². The number of ether oxygens (including phenoxy) is 1. The normalized spacial score (nSPS) is 11.0. The summed E-state index contributed by atoms with van der Waals surface area (Å²) in [4.78, 5) is 14.1. The van der Waals surface area contributed by atoms with E-state index in [-0.39, 0.29) is 5.97 Å². The van der Waals surface area contributed by atoms with Crippen LogP contribution in [0.25, 0.3) is 28.3 Å². The fourth-order valence-corrected chi connectivity index (χ4v) is 4.59. The Bertz CT molecular complexity index is 1520. The summed E-state index contributed by atoms with van der Waals surface area (Å²) in [6.45, 7) is 2.41. The monoisotopic (exact) mass is 541 g/mol. The topological polar surface area (TPSA) is 37.3 Å². The molecule has 2 heterocycles. The van der Waals surface area contributed by atoms with Crippen LogP contribution >= 0.6 is 0 Å². The van der Waals surface area contributed by atoms with Gasteiger partial charge in [-0.05, 0) is 76.7 Å². The maximum Gasteiger partial charge on any atom is 0.330 e. The van der Waals surface area contributed by atoms with E-state index in [1.807, 2.05) is 42.3 Å². The lowest BCUT2D eigenvalue weighted by Crippen LogP contribution is -2.25. The van der Waals surface area contributed by atoms with Crippen molar-refractivity contribution in [1.82, 2.24) is 0 Å². The van der Waals surface area contributed by atoms with Crippen molar-refractivity contribution in [3.8, 4) is 22.3 Å². The molecule has 204 valence electrons. The molecule has 3 aromatic carbocycles. The molecule has 5 rings (SSSR count). The number of carbonyl (C=O) groups excluding carboxylic acids is 1.